The van der Waals surface area contributed by atoms with Gasteiger partial charge in [-0.05, 0) is 18.2 Å². The van der Waals surface area contributed by atoms with Crippen LogP contribution in [-0.4, -0.2) is 16.0 Å². The van der Waals surface area contributed by atoms with Crippen molar-refractivity contribution in [1.29, 1.82) is 0 Å². The van der Waals surface area contributed by atoms with E-state index in [9.17, 15) is 20.0 Å². The van der Waals surface area contributed by atoms with Crippen LogP contribution in [0, 0.1) is 10.1 Å². The van der Waals surface area contributed by atoms with Crippen LogP contribution in [0.1, 0.15) is 11.1 Å². The largest absolute Gasteiger partial charge is 0.478 e. The van der Waals surface area contributed by atoms with E-state index < -0.39 is 10.9 Å². The molecule has 2 rings (SSSR count). The average molecular weight is 304 g/mol. The van der Waals surface area contributed by atoms with E-state index in [4.69, 9.17) is 11.6 Å². The fourth-order valence-corrected chi connectivity index (χ4v) is 2.10. The van der Waals surface area contributed by atoms with Crippen LogP contribution in [0.15, 0.2) is 48.5 Å². The van der Waals surface area contributed by atoms with Crippen molar-refractivity contribution in [3.8, 4) is 0 Å². The number of carboxylic acid groups (broad SMARTS) is 1. The molecule has 1 N–H and O–H groups in total. The first-order chi connectivity index (χ1) is 10.0. The Kier molecular flexibility index (Phi) is 4.35. The number of hydrogen-bond donors (Lipinski definition) is 1. The Bertz CT molecular complexity index is 740. The van der Waals surface area contributed by atoms with E-state index in [-0.39, 0.29) is 21.8 Å². The molecule has 0 atom stereocenters. The first kappa shape index (κ1) is 14.7. The van der Waals surface area contributed by atoms with Crippen LogP contribution < -0.4 is 0 Å². The van der Waals surface area contributed by atoms with Gasteiger partial charge in [-0.25, -0.2) is 4.79 Å². The first-order valence-corrected chi connectivity index (χ1v) is 6.32. The third-order valence-electron chi connectivity index (χ3n) is 2.83. The Hall–Kier alpha value is -2.66. The Labute approximate surface area is 125 Å². The van der Waals surface area contributed by atoms with E-state index >= 15 is 0 Å². The number of rotatable bonds is 4. The summed E-state index contributed by atoms with van der Waals surface area (Å²) in [5, 5.41) is 20.6. The van der Waals surface area contributed by atoms with Gasteiger partial charge in [-0.3, -0.25) is 10.1 Å². The monoisotopic (exact) mass is 303 g/mol. The summed E-state index contributed by atoms with van der Waals surface area (Å²) in [7, 11) is 0. The molecule has 6 heteroatoms. The van der Waals surface area contributed by atoms with Gasteiger partial charge in [0.05, 0.1) is 16.1 Å². The molecular formula is C15H10ClNO4. The van der Waals surface area contributed by atoms with Crippen LogP contribution in [0.4, 0.5) is 5.69 Å². The van der Waals surface area contributed by atoms with Crippen LogP contribution >= 0.6 is 11.6 Å². The topological polar surface area (TPSA) is 80.4 Å². The van der Waals surface area contributed by atoms with Crippen LogP contribution in [-0.2, 0) is 4.79 Å². The zero-order valence-electron chi connectivity index (χ0n) is 10.7. The molecule has 0 bridgehead atoms. The quantitative estimate of drug-likeness (QED) is 0.402. The van der Waals surface area contributed by atoms with Gasteiger partial charge in [0.25, 0.3) is 5.69 Å². The fourth-order valence-electron chi connectivity index (χ4n) is 1.87. The molecule has 0 aliphatic rings. The molecule has 0 aliphatic heterocycles. The molecule has 0 radical (unpaired) electrons. The van der Waals surface area contributed by atoms with Crippen molar-refractivity contribution < 1.29 is 14.8 Å². The zero-order valence-corrected chi connectivity index (χ0v) is 11.4. The van der Waals surface area contributed by atoms with Gasteiger partial charge in [0, 0.05) is 16.7 Å². The molecule has 0 saturated heterocycles. The van der Waals surface area contributed by atoms with Gasteiger partial charge in [0.1, 0.15) is 0 Å². The number of carbonyl (C=O) groups is 1. The zero-order chi connectivity index (χ0) is 15.4. The molecule has 0 heterocycles. The maximum atomic E-state index is 11.4. The van der Waals surface area contributed by atoms with Gasteiger partial charge in [-0.15, -0.1) is 0 Å². The van der Waals surface area contributed by atoms with Gasteiger partial charge in [-0.2, -0.15) is 0 Å². The maximum absolute atomic E-state index is 11.4. The van der Waals surface area contributed by atoms with E-state index in [1.807, 2.05) is 0 Å². The number of carboxylic acids is 1. The molecule has 0 amide bonds. The summed E-state index contributed by atoms with van der Waals surface area (Å²) in [6.07, 6.45) is 1.25. The minimum absolute atomic E-state index is 0.102. The third-order valence-corrected chi connectivity index (χ3v) is 3.16. The van der Waals surface area contributed by atoms with Crippen LogP contribution in [0.5, 0.6) is 0 Å². The lowest BCUT2D eigenvalue weighted by molar-refractivity contribution is -0.385. The summed E-state index contributed by atoms with van der Waals surface area (Å²) in [5.41, 5.74) is 0.253. The summed E-state index contributed by atoms with van der Waals surface area (Å²) in [6.45, 7) is 0. The normalized spacial score (nSPS) is 11.2. The van der Waals surface area contributed by atoms with Crippen molar-refractivity contribution in [3.05, 3.63) is 74.8 Å². The lowest BCUT2D eigenvalue weighted by atomic mass is 10.0. The van der Waals surface area contributed by atoms with Gasteiger partial charge in [0.2, 0.25) is 0 Å². The number of aliphatic carboxylic acids is 1. The summed E-state index contributed by atoms with van der Waals surface area (Å²) in [4.78, 5) is 21.9. The van der Waals surface area contributed by atoms with E-state index in [1.165, 1.54) is 24.3 Å². The molecule has 0 unspecified atom stereocenters. The Balaban J connectivity index is 2.62. The number of halogens is 1. The average Bonchev–Trinajstić information content (AvgIpc) is 2.45. The number of benzene rings is 2. The second-order valence-corrected chi connectivity index (χ2v) is 4.57. The summed E-state index contributed by atoms with van der Waals surface area (Å²) >= 11 is 5.99. The predicted molar refractivity (Wildman–Crippen MR) is 80.1 cm³/mol. The first-order valence-electron chi connectivity index (χ1n) is 5.94. The molecule has 5 nitrogen and oxygen atoms in total. The van der Waals surface area contributed by atoms with E-state index in [2.05, 4.69) is 0 Å². The van der Waals surface area contributed by atoms with Crippen molar-refractivity contribution >= 4 is 34.9 Å². The van der Waals surface area contributed by atoms with Gasteiger partial charge in [-0.1, -0.05) is 41.9 Å². The molecule has 2 aromatic carbocycles. The highest BCUT2D eigenvalue weighted by molar-refractivity contribution is 6.35. The number of hydrogen-bond acceptors (Lipinski definition) is 3. The number of nitrogens with zero attached hydrogens (tertiary/aromatic N) is 1. The molecule has 106 valence electrons. The predicted octanol–water partition coefficient (Wildman–Crippen LogP) is 3.87. The Morgan fingerprint density at radius 2 is 1.76 bits per heavy atom. The highest BCUT2D eigenvalue weighted by atomic mass is 35.5. The summed E-state index contributed by atoms with van der Waals surface area (Å²) in [6, 6.07) is 12.4. The molecule has 0 saturated carbocycles. The molecule has 0 spiro atoms. The van der Waals surface area contributed by atoms with Crippen molar-refractivity contribution in [3.63, 3.8) is 0 Å². The van der Waals surface area contributed by atoms with E-state index in [0.717, 1.165) is 0 Å². The standard InChI is InChI=1S/C15H10ClNO4/c16-13-7-3-2-6-11(13)12(15(18)19)9-10-5-1-4-8-14(10)17(20)21/h1-9H,(H,18,19)/b12-9-. The van der Waals surface area contributed by atoms with Gasteiger partial charge in [0.15, 0.2) is 0 Å². The molecular weight excluding hydrogens is 294 g/mol. The van der Waals surface area contributed by atoms with Crippen molar-refractivity contribution in [2.75, 3.05) is 0 Å². The molecule has 0 aromatic heterocycles. The highest BCUT2D eigenvalue weighted by Gasteiger charge is 2.17. The van der Waals surface area contributed by atoms with Crippen molar-refractivity contribution in [2.45, 2.75) is 0 Å². The fraction of sp³-hybridized carbons (Fsp3) is 0. The Morgan fingerprint density at radius 1 is 1.14 bits per heavy atom. The van der Waals surface area contributed by atoms with Gasteiger partial charge < -0.3 is 5.11 Å². The van der Waals surface area contributed by atoms with Crippen LogP contribution in [0.2, 0.25) is 5.02 Å². The minimum atomic E-state index is -1.21. The van der Waals surface area contributed by atoms with Gasteiger partial charge >= 0.3 is 5.97 Å². The van der Waals surface area contributed by atoms with Crippen LogP contribution in [0.3, 0.4) is 0 Å². The van der Waals surface area contributed by atoms with E-state index in [1.54, 1.807) is 30.3 Å². The van der Waals surface area contributed by atoms with Crippen molar-refractivity contribution in [2.24, 2.45) is 0 Å². The smallest absolute Gasteiger partial charge is 0.336 e. The second-order valence-electron chi connectivity index (χ2n) is 4.16. The molecule has 0 aliphatic carbocycles. The molecule has 2 aromatic rings. The minimum Gasteiger partial charge on any atom is -0.478 e. The lowest BCUT2D eigenvalue weighted by Crippen LogP contribution is -2.01. The number of para-hydroxylation sites is 1. The third kappa shape index (κ3) is 3.27. The number of nitro benzene ring substituents is 1. The van der Waals surface area contributed by atoms with E-state index in [0.29, 0.717) is 5.56 Å². The molecule has 0 fully saturated rings. The number of nitro groups is 1. The maximum Gasteiger partial charge on any atom is 0.336 e. The summed E-state index contributed by atoms with van der Waals surface area (Å²) < 4.78 is 0. The lowest BCUT2D eigenvalue weighted by Gasteiger charge is -2.05. The Morgan fingerprint density at radius 3 is 2.38 bits per heavy atom. The molecule has 21 heavy (non-hydrogen) atoms. The highest BCUT2D eigenvalue weighted by Crippen LogP contribution is 2.28. The summed E-state index contributed by atoms with van der Waals surface area (Å²) in [5.74, 6) is -1.21. The second kappa shape index (κ2) is 6.19. The van der Waals surface area contributed by atoms with Crippen LogP contribution in [0.25, 0.3) is 11.6 Å². The SMILES string of the molecule is O=C(O)/C(=C\c1ccccc1[N+](=O)[O-])c1ccccc1Cl. The van der Waals surface area contributed by atoms with Crippen molar-refractivity contribution in [1.82, 2.24) is 0 Å².